The molecular formula is C27H22F2N6O4. The molecule has 3 heterocycles. The number of anilines is 1. The number of benzene rings is 2. The Hall–Kier alpha value is -5.13. The number of aromatic amines is 1. The largest absolute Gasteiger partial charge is 0.453 e. The van der Waals surface area contributed by atoms with E-state index in [9.17, 15) is 23.2 Å². The predicted octanol–water partition coefficient (Wildman–Crippen LogP) is 4.48. The third-order valence-electron chi connectivity index (χ3n) is 6.01. The van der Waals surface area contributed by atoms with E-state index in [-0.39, 0.29) is 22.7 Å². The number of hydrogen-bond donors (Lipinski definition) is 2. The number of nitrogens with zero attached hydrogens (tertiary/aromatic N) is 4. The number of amides is 1. The highest BCUT2D eigenvalue weighted by Crippen LogP contribution is 2.32. The molecule has 0 bridgehead atoms. The Morgan fingerprint density at radius 1 is 1.05 bits per heavy atom. The van der Waals surface area contributed by atoms with Crippen molar-refractivity contribution >= 4 is 22.6 Å². The lowest BCUT2D eigenvalue weighted by Gasteiger charge is -2.16. The first-order valence-electron chi connectivity index (χ1n) is 11.9. The summed E-state index contributed by atoms with van der Waals surface area (Å²) in [7, 11) is 0. The van der Waals surface area contributed by atoms with Crippen LogP contribution in [0.3, 0.4) is 0 Å². The molecule has 0 saturated carbocycles. The molecule has 0 aliphatic heterocycles. The van der Waals surface area contributed by atoms with Crippen molar-refractivity contribution in [2.24, 2.45) is 0 Å². The Morgan fingerprint density at radius 3 is 2.49 bits per heavy atom. The van der Waals surface area contributed by atoms with Crippen LogP contribution < -0.4 is 21.3 Å². The van der Waals surface area contributed by atoms with Gasteiger partial charge >= 0.3 is 5.69 Å². The Kier molecular flexibility index (Phi) is 6.52. The van der Waals surface area contributed by atoms with Crippen molar-refractivity contribution in [3.8, 4) is 17.2 Å². The summed E-state index contributed by atoms with van der Waals surface area (Å²) in [5.74, 6) is -1.93. The number of aryl methyl sites for hydroxylation is 1. The summed E-state index contributed by atoms with van der Waals surface area (Å²) in [5.41, 5.74) is -0.680. The van der Waals surface area contributed by atoms with Gasteiger partial charge in [0.1, 0.15) is 17.1 Å². The maximum absolute atomic E-state index is 15.0. The molecule has 0 aliphatic rings. The highest BCUT2D eigenvalue weighted by Gasteiger charge is 2.21. The number of rotatable bonds is 6. The summed E-state index contributed by atoms with van der Waals surface area (Å²) in [5, 5.41) is 9.95. The lowest BCUT2D eigenvalue weighted by molar-refractivity contribution is 0.102. The van der Waals surface area contributed by atoms with Crippen LogP contribution in [0.15, 0.2) is 70.5 Å². The Balaban J connectivity index is 1.46. The smallest absolute Gasteiger partial charge is 0.335 e. The van der Waals surface area contributed by atoms with Crippen molar-refractivity contribution in [2.75, 3.05) is 5.32 Å². The number of fused-ring (bicyclic) bond motifs is 1. The van der Waals surface area contributed by atoms with Crippen LogP contribution in [0.25, 0.3) is 16.7 Å². The van der Waals surface area contributed by atoms with Crippen molar-refractivity contribution in [3.63, 3.8) is 0 Å². The molecule has 0 unspecified atom stereocenters. The molecule has 2 aromatic carbocycles. The first-order valence-corrected chi connectivity index (χ1v) is 11.9. The van der Waals surface area contributed by atoms with Gasteiger partial charge in [-0.25, -0.2) is 23.1 Å². The fourth-order valence-corrected chi connectivity index (χ4v) is 4.04. The van der Waals surface area contributed by atoms with E-state index >= 15 is 0 Å². The van der Waals surface area contributed by atoms with E-state index in [2.05, 4.69) is 20.5 Å². The second-order valence-corrected chi connectivity index (χ2v) is 9.00. The van der Waals surface area contributed by atoms with Crippen LogP contribution >= 0.6 is 0 Å². The minimum absolute atomic E-state index is 0.0549. The second kappa shape index (κ2) is 9.97. The minimum Gasteiger partial charge on any atom is -0.453 e. The first-order chi connectivity index (χ1) is 18.6. The lowest BCUT2D eigenvalue weighted by atomic mass is 10.2. The van der Waals surface area contributed by atoms with Crippen LogP contribution in [0.2, 0.25) is 0 Å². The van der Waals surface area contributed by atoms with Gasteiger partial charge in [0, 0.05) is 35.9 Å². The number of carbonyl (C=O) groups is 1. The molecule has 1 amide bonds. The summed E-state index contributed by atoms with van der Waals surface area (Å²) in [6.07, 6.45) is 2.64. The molecule has 3 aromatic heterocycles. The van der Waals surface area contributed by atoms with Gasteiger partial charge in [0.2, 0.25) is 0 Å². The van der Waals surface area contributed by atoms with Crippen molar-refractivity contribution in [3.05, 3.63) is 105 Å². The molecule has 0 aliphatic carbocycles. The molecule has 2 N–H and O–H groups in total. The molecule has 10 nitrogen and oxygen atoms in total. The van der Waals surface area contributed by atoms with Crippen molar-refractivity contribution in [2.45, 2.75) is 26.8 Å². The van der Waals surface area contributed by atoms with Crippen LogP contribution in [0.1, 0.15) is 35.9 Å². The number of ether oxygens (including phenoxy) is 1. The summed E-state index contributed by atoms with van der Waals surface area (Å²) in [4.78, 5) is 43.5. The van der Waals surface area contributed by atoms with Gasteiger partial charge in [-0.3, -0.25) is 19.3 Å². The number of hydrogen-bond acceptors (Lipinski definition) is 6. The van der Waals surface area contributed by atoms with Gasteiger partial charge in [0.05, 0.1) is 11.1 Å². The number of halogens is 2. The van der Waals surface area contributed by atoms with Gasteiger partial charge < -0.3 is 10.1 Å². The number of H-pyrrole nitrogens is 1. The average Bonchev–Trinajstić information content (AvgIpc) is 3.28. The van der Waals surface area contributed by atoms with E-state index in [0.29, 0.717) is 22.5 Å². The number of aromatic nitrogens is 5. The van der Waals surface area contributed by atoms with E-state index in [4.69, 9.17) is 4.74 Å². The van der Waals surface area contributed by atoms with E-state index in [1.165, 1.54) is 35.0 Å². The molecule has 5 rings (SSSR count). The summed E-state index contributed by atoms with van der Waals surface area (Å²) in [6, 6.07) is 9.70. The fourth-order valence-electron chi connectivity index (χ4n) is 4.04. The molecule has 0 spiro atoms. The third-order valence-corrected chi connectivity index (χ3v) is 6.01. The van der Waals surface area contributed by atoms with Crippen molar-refractivity contribution in [1.82, 2.24) is 24.3 Å². The standard InChI is InChI=1S/C27H22F2N6O4/c1-14(2)34-13-19(26(37)35(27(34)38)18-7-4-16(28)5-8-18)25(36)31-17-6-9-21(20(29)12-17)39-22-10-11-30-24-23(22)15(3)32-33-24/h4-14H,1-3H3,(H,31,36)(H,30,32,33). The van der Waals surface area contributed by atoms with Gasteiger partial charge in [-0.1, -0.05) is 0 Å². The van der Waals surface area contributed by atoms with Crippen LogP contribution in [-0.2, 0) is 0 Å². The van der Waals surface area contributed by atoms with Crippen LogP contribution in [0.4, 0.5) is 14.5 Å². The number of pyridine rings is 1. The second-order valence-electron chi connectivity index (χ2n) is 9.00. The zero-order valence-corrected chi connectivity index (χ0v) is 21.0. The first kappa shape index (κ1) is 25.5. The highest BCUT2D eigenvalue weighted by atomic mass is 19.1. The van der Waals surface area contributed by atoms with E-state index in [1.807, 2.05) is 0 Å². The summed E-state index contributed by atoms with van der Waals surface area (Å²) < 4.78 is 36.2. The normalized spacial score (nSPS) is 11.2. The Bertz CT molecular complexity index is 1840. The number of nitrogens with one attached hydrogen (secondary N) is 2. The Morgan fingerprint density at radius 2 is 1.79 bits per heavy atom. The lowest BCUT2D eigenvalue weighted by Crippen LogP contribution is -2.42. The average molecular weight is 533 g/mol. The maximum Gasteiger partial charge on any atom is 0.335 e. The topological polar surface area (TPSA) is 124 Å². The van der Waals surface area contributed by atoms with E-state index in [1.54, 1.807) is 26.8 Å². The van der Waals surface area contributed by atoms with Gasteiger partial charge in [-0.05, 0) is 63.2 Å². The molecular weight excluding hydrogens is 510 g/mol. The third kappa shape index (κ3) is 4.79. The molecule has 0 radical (unpaired) electrons. The van der Waals surface area contributed by atoms with Gasteiger partial charge in [0.25, 0.3) is 11.5 Å². The quantitative estimate of drug-likeness (QED) is 0.332. The van der Waals surface area contributed by atoms with Gasteiger partial charge in [0.15, 0.2) is 17.2 Å². The highest BCUT2D eigenvalue weighted by molar-refractivity contribution is 6.03. The Labute approximate surface area is 219 Å². The van der Waals surface area contributed by atoms with Gasteiger partial charge in [-0.15, -0.1) is 0 Å². The molecule has 5 aromatic rings. The molecule has 198 valence electrons. The molecule has 39 heavy (non-hydrogen) atoms. The van der Waals surface area contributed by atoms with Crippen LogP contribution in [0, 0.1) is 18.6 Å². The molecule has 12 heteroatoms. The predicted molar refractivity (Wildman–Crippen MR) is 140 cm³/mol. The van der Waals surface area contributed by atoms with E-state index < -0.39 is 34.8 Å². The minimum atomic E-state index is -0.904. The maximum atomic E-state index is 15.0. The molecule has 0 atom stereocenters. The van der Waals surface area contributed by atoms with Crippen molar-refractivity contribution < 1.29 is 18.3 Å². The van der Waals surface area contributed by atoms with Gasteiger partial charge in [-0.2, -0.15) is 5.10 Å². The summed E-state index contributed by atoms with van der Waals surface area (Å²) >= 11 is 0. The zero-order chi connectivity index (χ0) is 27.8. The van der Waals surface area contributed by atoms with Crippen LogP contribution in [-0.4, -0.2) is 30.2 Å². The fraction of sp³-hybridized carbons (Fsp3) is 0.148. The summed E-state index contributed by atoms with van der Waals surface area (Å²) in [6.45, 7) is 5.20. The number of carbonyl (C=O) groups excluding carboxylic acids is 1. The SMILES string of the molecule is Cc1[nH]nc2nccc(Oc3ccc(NC(=O)c4cn(C(C)C)c(=O)n(-c5ccc(F)cc5)c4=O)cc3F)c12. The van der Waals surface area contributed by atoms with Crippen molar-refractivity contribution in [1.29, 1.82) is 0 Å². The molecule has 0 saturated heterocycles. The monoisotopic (exact) mass is 532 g/mol. The zero-order valence-electron chi connectivity index (χ0n) is 21.0. The van der Waals surface area contributed by atoms with E-state index in [0.717, 1.165) is 29.0 Å². The molecule has 0 fully saturated rings. The van der Waals surface area contributed by atoms with Crippen LogP contribution in [0.5, 0.6) is 11.5 Å².